The monoisotopic (exact) mass is 480 g/mol. The number of Topliss-reactive ketones (excluding diaryl/α,β-unsaturated/α-hetero) is 1. The summed E-state index contributed by atoms with van der Waals surface area (Å²) in [6.07, 6.45) is 8.72. The van der Waals surface area contributed by atoms with E-state index in [-0.39, 0.29) is 5.56 Å². The minimum absolute atomic E-state index is 0.211. The largest absolute Gasteiger partial charge is 0.423 e. The van der Waals surface area contributed by atoms with Crippen LogP contribution in [-0.2, 0) is 4.79 Å². The summed E-state index contributed by atoms with van der Waals surface area (Å²) >= 11 is 0. The molecular weight excluding hydrogens is 460 g/mol. The lowest BCUT2D eigenvalue weighted by Crippen LogP contribution is -2.40. The van der Waals surface area contributed by atoms with Crippen LogP contribution in [0, 0.1) is 0 Å². The summed E-state index contributed by atoms with van der Waals surface area (Å²) in [7, 11) is 0. The number of piperidine rings is 1. The van der Waals surface area contributed by atoms with Crippen LogP contribution in [0.5, 0.6) is 0 Å². The van der Waals surface area contributed by atoms with Crippen LogP contribution in [0.3, 0.4) is 0 Å². The van der Waals surface area contributed by atoms with Gasteiger partial charge in [-0.05, 0) is 24.5 Å². The fourth-order valence-electron chi connectivity index (χ4n) is 4.52. The van der Waals surface area contributed by atoms with Gasteiger partial charge in [0.25, 0.3) is 11.7 Å². The van der Waals surface area contributed by atoms with E-state index in [9.17, 15) is 9.59 Å². The summed E-state index contributed by atoms with van der Waals surface area (Å²) in [4.78, 5) is 39.5. The van der Waals surface area contributed by atoms with Gasteiger partial charge in [-0.2, -0.15) is 5.10 Å². The zero-order chi connectivity index (χ0) is 24.5. The van der Waals surface area contributed by atoms with Crippen molar-refractivity contribution in [1.29, 1.82) is 0 Å². The summed E-state index contributed by atoms with van der Waals surface area (Å²) < 4.78 is 7.08. The zero-order valence-electron chi connectivity index (χ0n) is 19.0. The van der Waals surface area contributed by atoms with Crippen LogP contribution in [0.25, 0.3) is 22.4 Å². The van der Waals surface area contributed by atoms with Gasteiger partial charge in [-0.25, -0.2) is 14.6 Å². The van der Waals surface area contributed by atoms with Crippen LogP contribution in [0.15, 0.2) is 77.7 Å². The third-order valence-corrected chi connectivity index (χ3v) is 6.25. The molecule has 0 unspecified atom stereocenters. The third-order valence-electron chi connectivity index (χ3n) is 6.25. The van der Waals surface area contributed by atoms with E-state index in [0.29, 0.717) is 48.7 Å². The standard InChI is InChI=1S/C25H20N8O3/c34-22(18-13-26-21-20(18)27-14-28-23(21)33-10-4-9-30-33)25(35)32-11-7-17(8-12-32)19(24-31-29-15-36-24)16-5-2-1-3-6-16/h1-6,9-10,13-15,26H,7-8,11-12H2. The maximum Gasteiger partial charge on any atom is 0.295 e. The molecule has 0 atom stereocenters. The molecular formula is C25H20N8O3. The molecule has 5 aromatic rings. The van der Waals surface area contributed by atoms with Crippen LogP contribution in [0.2, 0.25) is 0 Å². The number of rotatable bonds is 5. The van der Waals surface area contributed by atoms with Crippen molar-refractivity contribution in [2.24, 2.45) is 0 Å². The average molecular weight is 480 g/mol. The van der Waals surface area contributed by atoms with E-state index < -0.39 is 11.7 Å². The molecule has 36 heavy (non-hydrogen) atoms. The van der Waals surface area contributed by atoms with Crippen molar-refractivity contribution in [2.75, 3.05) is 13.1 Å². The quantitative estimate of drug-likeness (QED) is 0.300. The molecule has 178 valence electrons. The van der Waals surface area contributed by atoms with Crippen LogP contribution in [-0.4, -0.2) is 64.6 Å². The molecule has 1 saturated heterocycles. The van der Waals surface area contributed by atoms with Crippen molar-refractivity contribution in [1.82, 2.24) is 39.8 Å². The second-order valence-corrected chi connectivity index (χ2v) is 8.28. The second kappa shape index (κ2) is 9.02. The van der Waals surface area contributed by atoms with Crippen LogP contribution in [0.4, 0.5) is 0 Å². The fourth-order valence-corrected chi connectivity index (χ4v) is 4.52. The first kappa shape index (κ1) is 21.6. The maximum atomic E-state index is 13.2. The normalized spacial score (nSPS) is 13.8. The first-order chi connectivity index (χ1) is 17.7. The summed E-state index contributed by atoms with van der Waals surface area (Å²) in [5.74, 6) is -0.232. The average Bonchev–Trinajstić information content (AvgIpc) is 3.71. The van der Waals surface area contributed by atoms with Crippen LogP contribution < -0.4 is 0 Å². The highest BCUT2D eigenvalue weighted by molar-refractivity contribution is 6.44. The topological polar surface area (TPSA) is 136 Å². The number of H-pyrrole nitrogens is 1. The summed E-state index contributed by atoms with van der Waals surface area (Å²) in [5.41, 5.74) is 4.08. The number of amides is 1. The van der Waals surface area contributed by atoms with E-state index in [4.69, 9.17) is 4.42 Å². The van der Waals surface area contributed by atoms with Crippen LogP contribution in [0.1, 0.15) is 34.7 Å². The summed E-state index contributed by atoms with van der Waals surface area (Å²) in [6.45, 7) is 0.806. The van der Waals surface area contributed by atoms with E-state index in [1.165, 1.54) is 18.9 Å². The summed E-state index contributed by atoms with van der Waals surface area (Å²) in [6, 6.07) is 11.6. The molecule has 4 aromatic heterocycles. The van der Waals surface area contributed by atoms with Gasteiger partial charge in [0.1, 0.15) is 17.4 Å². The molecule has 5 heterocycles. The molecule has 11 nitrogen and oxygen atoms in total. The molecule has 0 spiro atoms. The lowest BCUT2D eigenvalue weighted by Gasteiger charge is -2.29. The SMILES string of the molecule is O=C(C(=O)N1CCC(=C(c2ccccc2)c2nnco2)CC1)c1c[nH]c2c(-n3cccn3)ncnc12. The van der Waals surface area contributed by atoms with Gasteiger partial charge >= 0.3 is 0 Å². The van der Waals surface area contributed by atoms with E-state index >= 15 is 0 Å². The van der Waals surface area contributed by atoms with Gasteiger partial charge in [-0.1, -0.05) is 35.9 Å². The van der Waals surface area contributed by atoms with Crippen molar-refractivity contribution in [3.05, 3.63) is 90.3 Å². The molecule has 1 aliphatic rings. The predicted octanol–water partition coefficient (Wildman–Crippen LogP) is 2.83. The van der Waals surface area contributed by atoms with Gasteiger partial charge in [0.2, 0.25) is 12.3 Å². The number of aromatic amines is 1. The maximum absolute atomic E-state index is 13.2. The Morgan fingerprint density at radius 3 is 2.58 bits per heavy atom. The third kappa shape index (κ3) is 3.76. The number of nitrogens with zero attached hydrogens (tertiary/aromatic N) is 7. The lowest BCUT2D eigenvalue weighted by molar-refractivity contribution is -0.126. The van der Waals surface area contributed by atoms with Gasteiger partial charge in [0, 0.05) is 37.3 Å². The molecule has 0 bridgehead atoms. The second-order valence-electron chi connectivity index (χ2n) is 8.28. The highest BCUT2D eigenvalue weighted by Gasteiger charge is 2.30. The smallest absolute Gasteiger partial charge is 0.295 e. The van der Waals surface area contributed by atoms with Gasteiger partial charge in [0.15, 0.2) is 5.82 Å². The van der Waals surface area contributed by atoms with Gasteiger partial charge in [0.05, 0.1) is 5.56 Å². The van der Waals surface area contributed by atoms with Crippen molar-refractivity contribution >= 4 is 28.3 Å². The van der Waals surface area contributed by atoms with E-state index in [2.05, 4.69) is 30.2 Å². The predicted molar refractivity (Wildman–Crippen MR) is 128 cm³/mol. The molecule has 1 aliphatic heterocycles. The Balaban J connectivity index is 1.24. The number of aromatic nitrogens is 7. The minimum atomic E-state index is -0.612. The fraction of sp³-hybridized carbons (Fsp3) is 0.160. The first-order valence-corrected chi connectivity index (χ1v) is 11.4. The van der Waals surface area contributed by atoms with E-state index in [1.807, 2.05) is 30.3 Å². The van der Waals surface area contributed by atoms with Crippen molar-refractivity contribution in [3.63, 3.8) is 0 Å². The number of carbonyl (C=O) groups is 2. The number of hydrogen-bond acceptors (Lipinski definition) is 8. The Hall–Kier alpha value is -4.93. The highest BCUT2D eigenvalue weighted by atomic mass is 16.4. The van der Waals surface area contributed by atoms with Crippen molar-refractivity contribution in [3.8, 4) is 5.82 Å². The van der Waals surface area contributed by atoms with Crippen LogP contribution >= 0.6 is 0 Å². The number of hydrogen-bond donors (Lipinski definition) is 1. The number of likely N-dealkylation sites (tertiary alicyclic amines) is 1. The van der Waals surface area contributed by atoms with Gasteiger partial charge in [-0.3, -0.25) is 9.59 Å². The molecule has 0 saturated carbocycles. The Morgan fingerprint density at radius 2 is 1.86 bits per heavy atom. The Morgan fingerprint density at radius 1 is 1.03 bits per heavy atom. The number of carbonyl (C=O) groups excluding carboxylic acids is 2. The molecule has 1 fully saturated rings. The summed E-state index contributed by atoms with van der Waals surface area (Å²) in [5, 5.41) is 12.1. The molecule has 0 aliphatic carbocycles. The van der Waals surface area contributed by atoms with Gasteiger partial charge < -0.3 is 14.3 Å². The number of benzene rings is 1. The molecule has 1 aromatic carbocycles. The van der Waals surface area contributed by atoms with Crippen molar-refractivity contribution < 1.29 is 14.0 Å². The number of ketones is 1. The molecule has 11 heteroatoms. The Bertz CT molecular complexity index is 1560. The lowest BCUT2D eigenvalue weighted by atomic mass is 9.92. The molecule has 0 radical (unpaired) electrons. The van der Waals surface area contributed by atoms with Crippen molar-refractivity contribution in [2.45, 2.75) is 12.8 Å². The Kier molecular flexibility index (Phi) is 5.41. The first-order valence-electron chi connectivity index (χ1n) is 11.4. The molecule has 1 amide bonds. The zero-order valence-corrected chi connectivity index (χ0v) is 19.0. The number of fused-ring (bicyclic) bond motifs is 1. The minimum Gasteiger partial charge on any atom is -0.423 e. The Labute approximate surface area is 204 Å². The molecule has 6 rings (SSSR count). The van der Waals surface area contributed by atoms with E-state index in [1.54, 1.807) is 28.0 Å². The molecule has 1 N–H and O–H groups in total. The van der Waals surface area contributed by atoms with E-state index in [0.717, 1.165) is 16.7 Å². The number of nitrogens with one attached hydrogen (secondary N) is 1. The highest BCUT2D eigenvalue weighted by Crippen LogP contribution is 2.31. The van der Waals surface area contributed by atoms with Gasteiger partial charge in [-0.15, -0.1) is 10.2 Å².